The Hall–Kier alpha value is -9.53. The number of nitrogen functional groups attached to an aromatic ring is 1. The highest BCUT2D eigenvalue weighted by atomic mass is 32.2. The fourth-order valence-electron chi connectivity index (χ4n) is 13.6. The number of H-pyrrole nitrogens is 1. The van der Waals surface area contributed by atoms with Gasteiger partial charge in [-0.2, -0.15) is 16.7 Å². The predicted octanol–water partition coefficient (Wildman–Crippen LogP) is 5.56. The first kappa shape index (κ1) is 88.0. The van der Waals surface area contributed by atoms with Crippen LogP contribution in [-0.2, 0) is 82.8 Å². The molecule has 2 amide bonds. The van der Waals surface area contributed by atoms with Crippen molar-refractivity contribution in [3.63, 3.8) is 0 Å². The molecule has 7 heterocycles. The van der Waals surface area contributed by atoms with Crippen molar-refractivity contribution in [3.05, 3.63) is 111 Å². The first-order valence-corrected chi connectivity index (χ1v) is 43.2. The lowest BCUT2D eigenvalue weighted by Gasteiger charge is -2.35. The molecule has 2 bridgehead atoms. The summed E-state index contributed by atoms with van der Waals surface area (Å²) in [6.07, 6.45) is 8.45. The van der Waals surface area contributed by atoms with Crippen molar-refractivity contribution >= 4 is 118 Å². The van der Waals surface area contributed by atoms with E-state index in [2.05, 4.69) is 45.9 Å². The van der Waals surface area contributed by atoms with Gasteiger partial charge in [0.15, 0.2) is 53.1 Å². The van der Waals surface area contributed by atoms with Gasteiger partial charge in [-0.05, 0) is 119 Å². The molecule has 0 radical (unpaired) electrons. The average Bonchev–Trinajstić information content (AvgIpc) is 1.62. The molecule has 4 unspecified atom stereocenters. The van der Waals surface area contributed by atoms with Crippen LogP contribution in [0.5, 0.6) is 0 Å². The van der Waals surface area contributed by atoms with Crippen molar-refractivity contribution in [2.24, 2.45) is 46.0 Å². The maximum atomic E-state index is 14.2. The van der Waals surface area contributed by atoms with Crippen LogP contribution in [-0.4, -0.2) is 214 Å². The summed E-state index contributed by atoms with van der Waals surface area (Å²) in [5, 5.41) is 38.1. The molecule has 15 atom stereocenters. The SMILES string of the molecule is CO[C@@H](/C(C)=C/C=C/C(C)=C/c1coc(C)n1)[C@@H](C)[C@@H]1C[C@H](O[Si](C)(C)CCCS(=O)(=O)CCSCC(CC(=O)C(CC(=O)O)NC(=O)C(CCCN=C(N)N)CC(=O)CCC(NC(=O)c2ccc(NCc3cnc4nc(N)[nH]c(=O)c4n3)cc2)C(=O)O)C(=O)O)[C@H]2O[C@@H]2/C=C/[C@@H](C)[C@H]2C[C@H](CC(=O)O2)C[C@@H]2O[C@H]2C(=O)O1. The zero-order valence-electron chi connectivity index (χ0n) is 63.9. The normalized spacial score (nSPS) is 22.8. The number of ether oxygens (including phenoxy) is 5. The summed E-state index contributed by atoms with van der Waals surface area (Å²) < 4.78 is 70.5. The van der Waals surface area contributed by atoms with E-state index >= 15 is 0 Å². The monoisotopic (exact) mass is 1610 g/mol. The Kier molecular flexibility index (Phi) is 32.1. The Morgan fingerprint density at radius 2 is 1.62 bits per heavy atom. The fourth-order valence-corrected chi connectivity index (χ4v) is 19.0. The maximum Gasteiger partial charge on any atom is 0.338 e. The molecule has 34 nitrogen and oxygen atoms in total. The predicted molar refractivity (Wildman–Crippen MR) is 415 cm³/mol. The number of sulfone groups is 1. The number of anilines is 2. The van der Waals surface area contributed by atoms with Gasteiger partial charge in [0.05, 0.1) is 66.6 Å². The van der Waals surface area contributed by atoms with Crippen molar-refractivity contribution in [2.75, 3.05) is 47.7 Å². The number of aliphatic carboxylic acids is 3. The summed E-state index contributed by atoms with van der Waals surface area (Å²) in [6.45, 7) is 13.6. The topological polar surface area (TPSA) is 535 Å². The molecule has 0 spiro atoms. The van der Waals surface area contributed by atoms with Crippen molar-refractivity contribution in [2.45, 2.75) is 198 Å². The minimum atomic E-state index is -3.77. The molecule has 13 N–H and O–H groups in total. The second kappa shape index (κ2) is 40.8. The molecule has 4 aliphatic rings. The van der Waals surface area contributed by atoms with Crippen LogP contribution < -0.4 is 38.7 Å². The molecule has 3 fully saturated rings. The highest BCUT2D eigenvalue weighted by Crippen LogP contribution is 2.41. The number of thioether (sulfide) groups is 1. The number of carboxylic acid groups (broad SMARTS) is 3. The van der Waals surface area contributed by atoms with Crippen LogP contribution in [0.3, 0.4) is 0 Å². The van der Waals surface area contributed by atoms with E-state index in [9.17, 15) is 71.7 Å². The second-order valence-electron chi connectivity index (χ2n) is 29.5. The number of benzene rings is 1. The van der Waals surface area contributed by atoms with E-state index in [1.54, 1.807) is 20.3 Å². The summed E-state index contributed by atoms with van der Waals surface area (Å²) in [4.78, 5) is 154. The van der Waals surface area contributed by atoms with Gasteiger partial charge < -0.3 is 81.0 Å². The molecular weight excluding hydrogens is 1510 g/mol. The van der Waals surface area contributed by atoms with Gasteiger partial charge in [0.2, 0.25) is 11.9 Å². The molecule has 0 saturated carbocycles. The number of ketones is 2. The van der Waals surface area contributed by atoms with E-state index in [-0.39, 0.29) is 115 Å². The van der Waals surface area contributed by atoms with Crippen LogP contribution in [0, 0.1) is 36.5 Å². The summed E-state index contributed by atoms with van der Waals surface area (Å²) in [6, 6.07) is 2.92. The number of methoxy groups -OCH3 is 1. The van der Waals surface area contributed by atoms with Gasteiger partial charge in [-0.3, -0.25) is 48.3 Å². The number of aryl methyl sites for hydroxylation is 1. The third-order valence-electron chi connectivity index (χ3n) is 19.7. The number of rotatable bonds is 41. The minimum Gasteiger partial charge on any atom is -0.481 e. The molecular formula is C75H102N12O22S2Si. The number of oxazole rings is 1. The average molecular weight is 1620 g/mol. The van der Waals surface area contributed by atoms with Gasteiger partial charge in [-0.15, -0.1) is 0 Å². The first-order valence-electron chi connectivity index (χ1n) is 37.1. The van der Waals surface area contributed by atoms with E-state index in [1.807, 2.05) is 77.2 Å². The number of amides is 2. The van der Waals surface area contributed by atoms with Crippen LogP contribution in [0.4, 0.5) is 11.6 Å². The van der Waals surface area contributed by atoms with Crippen molar-refractivity contribution < 1.29 is 99.4 Å². The Morgan fingerprint density at radius 3 is 2.31 bits per heavy atom. The molecule has 4 aliphatic heterocycles. The Bertz CT molecular complexity index is 4370. The number of aromatic amines is 1. The number of fused-ring (bicyclic) bond motifs is 5. The number of allylic oxidation sites excluding steroid dienone is 4. The lowest BCUT2D eigenvalue weighted by molar-refractivity contribution is -0.159. The molecule has 0 aliphatic carbocycles. The number of carboxylic acids is 3. The third-order valence-corrected chi connectivity index (χ3v) is 25.4. The Balaban J connectivity index is 0.843. The quantitative estimate of drug-likeness (QED) is 0.00380. The van der Waals surface area contributed by atoms with Gasteiger partial charge in [-0.25, -0.2) is 33.0 Å². The number of carbonyl (C=O) groups is 9. The largest absolute Gasteiger partial charge is 0.481 e. The number of carbonyl (C=O) groups excluding carboxylic acids is 6. The van der Waals surface area contributed by atoms with Crippen molar-refractivity contribution in [1.82, 2.24) is 35.6 Å². The zero-order valence-corrected chi connectivity index (χ0v) is 66.5. The van der Waals surface area contributed by atoms with Gasteiger partial charge in [0, 0.05) is 93.2 Å². The molecule has 112 heavy (non-hydrogen) atoms. The van der Waals surface area contributed by atoms with E-state index in [4.69, 9.17) is 49.7 Å². The standard InChI is InChI=1S/C75H102N12O22S2Si/c1-40(28-50-38-104-44(5)82-50)12-9-13-42(3)64(103-6)43(4)58-35-60(65-56(106-65)22-15-41(2)57-29-45(31-62(92)105-57)30-59-66(107-59)73(100)108-58)109-112(7,8)27-11-25-111(101,102)26-24-110-39-48(71(96)97)33-55(89)54(34-61(90)91)85-69(94)47(14-10-23-79-74(76)77)32-52(88)20-21-53(72(98)99)84-68(93)46-16-18-49(19-17-46)80-36-51-37-81-67-63(83-51)70(95)87-75(78)86-67/h9,12-13,15-19,22,28,37-38,41,43,45,47-48,53-54,56-60,64-66,80H,10-11,14,20-21,23-27,29-36,39H2,1-8H3,(H,84,93)(H,85,94)(H,90,91)(H,96,97)(H,98,99)(H4,76,77,79)(H3,78,81,86,87,95)/b12-9+,22-15+,40-28+,42-13+/t41-,43+,45+,47?,48?,53?,54?,56-,57-,58+,59+,60+,64+,65+,66-/m1/s1. The van der Waals surface area contributed by atoms with E-state index in [1.165, 1.54) is 30.5 Å². The summed E-state index contributed by atoms with van der Waals surface area (Å²) in [5.74, 6) is -12.8. The second-order valence-corrected chi connectivity index (χ2v) is 37.2. The number of aliphatic imine (C=N–C) groups is 1. The van der Waals surface area contributed by atoms with Crippen LogP contribution in [0.2, 0.25) is 19.1 Å². The van der Waals surface area contributed by atoms with Crippen LogP contribution in [0.1, 0.15) is 132 Å². The number of nitrogens with zero attached hydrogens (tertiary/aromatic N) is 5. The number of nitrogens with two attached hydrogens (primary N) is 3. The van der Waals surface area contributed by atoms with Gasteiger partial charge >= 0.3 is 29.8 Å². The highest BCUT2D eigenvalue weighted by molar-refractivity contribution is 8.00. The van der Waals surface area contributed by atoms with Gasteiger partial charge in [0.1, 0.15) is 48.2 Å². The lowest BCUT2D eigenvalue weighted by atomic mass is 9.85. The maximum absolute atomic E-state index is 14.2. The molecule has 3 saturated heterocycles. The summed E-state index contributed by atoms with van der Waals surface area (Å²) in [7, 11) is -5.02. The Labute approximate surface area is 653 Å². The number of hydrogen-bond acceptors (Lipinski definition) is 27. The number of Topliss-reactive ketones (excluding diaryl/α,β-unsaturated/α-hetero) is 2. The summed E-state index contributed by atoms with van der Waals surface area (Å²) in [5.41, 5.74) is 19.4. The third kappa shape index (κ3) is 27.7. The molecule has 610 valence electrons. The summed E-state index contributed by atoms with van der Waals surface area (Å²) >= 11 is 0.954. The van der Waals surface area contributed by atoms with Crippen molar-refractivity contribution in [3.8, 4) is 0 Å². The number of guanidine groups is 1. The molecule has 37 heteroatoms. The van der Waals surface area contributed by atoms with Crippen LogP contribution in [0.15, 0.2) is 92.5 Å². The zero-order chi connectivity index (χ0) is 81.7. The van der Waals surface area contributed by atoms with Gasteiger partial charge in [-0.1, -0.05) is 44.2 Å². The van der Waals surface area contributed by atoms with E-state index < -0.39 is 182 Å². The van der Waals surface area contributed by atoms with Crippen LogP contribution in [0.25, 0.3) is 17.2 Å². The number of esters is 2. The van der Waals surface area contributed by atoms with Crippen molar-refractivity contribution in [1.29, 1.82) is 0 Å². The Morgan fingerprint density at radius 1 is 0.884 bits per heavy atom. The number of cyclic esters (lactones) is 1. The molecule has 4 aromatic rings. The van der Waals surface area contributed by atoms with E-state index in [0.29, 0.717) is 41.9 Å². The van der Waals surface area contributed by atoms with Crippen LogP contribution >= 0.6 is 11.8 Å². The van der Waals surface area contributed by atoms with Gasteiger partial charge in [0.25, 0.3) is 11.5 Å². The fraction of sp³-hybridized carbons (Fsp3) is 0.560. The number of hydrogen-bond donors (Lipinski definition) is 10. The van der Waals surface area contributed by atoms with E-state index in [0.717, 1.165) is 22.9 Å². The number of aromatic nitrogens is 5. The first-order chi connectivity index (χ1) is 53.0. The lowest BCUT2D eigenvalue weighted by Crippen LogP contribution is -2.46. The molecule has 1 aromatic carbocycles. The molecule has 8 rings (SSSR count). The minimum absolute atomic E-state index is 0.00614. The number of nitrogens with one attached hydrogen (secondary N) is 4. The smallest absolute Gasteiger partial charge is 0.338 e. The highest BCUT2D eigenvalue weighted by Gasteiger charge is 2.52. The number of epoxide rings is 2. The molecule has 3 aromatic heterocycles.